The number of amides is 1. The van der Waals surface area contributed by atoms with Crippen LogP contribution >= 0.6 is 12.4 Å². The third kappa shape index (κ3) is 3.20. The summed E-state index contributed by atoms with van der Waals surface area (Å²) in [6.07, 6.45) is 2.00. The second kappa shape index (κ2) is 6.02. The maximum atomic E-state index is 11.7. The molecule has 0 bridgehead atoms. The van der Waals surface area contributed by atoms with Crippen molar-refractivity contribution in [3.8, 4) is 0 Å². The number of hydrogen-bond acceptors (Lipinski definition) is 4. The molecule has 2 heterocycles. The Kier molecular flexibility index (Phi) is 4.96. The maximum absolute atomic E-state index is 11.7. The Morgan fingerprint density at radius 2 is 2.35 bits per heavy atom. The van der Waals surface area contributed by atoms with Gasteiger partial charge in [0.2, 0.25) is 5.91 Å². The summed E-state index contributed by atoms with van der Waals surface area (Å²) in [6.45, 7) is 5.17. The molecule has 0 radical (unpaired) electrons. The van der Waals surface area contributed by atoms with Crippen LogP contribution in [0.25, 0.3) is 0 Å². The van der Waals surface area contributed by atoms with Gasteiger partial charge in [0, 0.05) is 12.1 Å². The molecule has 0 aromatic carbocycles. The zero-order chi connectivity index (χ0) is 11.5. The van der Waals surface area contributed by atoms with Gasteiger partial charge in [-0.1, -0.05) is 5.16 Å². The molecule has 1 saturated heterocycles. The fourth-order valence-corrected chi connectivity index (χ4v) is 1.96. The van der Waals surface area contributed by atoms with Crippen LogP contribution in [-0.2, 0) is 11.3 Å². The Bertz CT molecular complexity index is 367. The number of carbonyl (C=O) groups is 1. The van der Waals surface area contributed by atoms with Crippen molar-refractivity contribution in [1.29, 1.82) is 0 Å². The summed E-state index contributed by atoms with van der Waals surface area (Å²) in [4.78, 5) is 11.7. The molecule has 0 saturated carbocycles. The monoisotopic (exact) mass is 259 g/mol. The third-order valence-electron chi connectivity index (χ3n) is 3.00. The lowest BCUT2D eigenvalue weighted by Gasteiger charge is -2.10. The summed E-state index contributed by atoms with van der Waals surface area (Å²) in [7, 11) is 0. The van der Waals surface area contributed by atoms with Crippen LogP contribution in [0.1, 0.15) is 29.9 Å². The molecule has 5 nitrogen and oxygen atoms in total. The van der Waals surface area contributed by atoms with E-state index in [4.69, 9.17) is 4.52 Å². The predicted octanol–water partition coefficient (Wildman–Crippen LogP) is 1.08. The molecule has 2 rings (SSSR count). The molecule has 1 aliphatic heterocycles. The van der Waals surface area contributed by atoms with E-state index in [1.807, 2.05) is 13.8 Å². The van der Waals surface area contributed by atoms with E-state index in [0.717, 1.165) is 36.4 Å². The maximum Gasteiger partial charge on any atom is 0.237 e. The summed E-state index contributed by atoms with van der Waals surface area (Å²) >= 11 is 0. The van der Waals surface area contributed by atoms with Crippen LogP contribution in [0.15, 0.2) is 4.52 Å². The van der Waals surface area contributed by atoms with Gasteiger partial charge in [0.25, 0.3) is 0 Å². The van der Waals surface area contributed by atoms with Gasteiger partial charge in [-0.25, -0.2) is 0 Å². The number of rotatable bonds is 3. The van der Waals surface area contributed by atoms with E-state index in [1.165, 1.54) is 0 Å². The minimum absolute atomic E-state index is 0. The van der Waals surface area contributed by atoms with Crippen molar-refractivity contribution in [1.82, 2.24) is 15.8 Å². The van der Waals surface area contributed by atoms with Crippen LogP contribution in [0.5, 0.6) is 0 Å². The Labute approximate surface area is 107 Å². The van der Waals surface area contributed by atoms with E-state index in [9.17, 15) is 4.79 Å². The van der Waals surface area contributed by atoms with Crippen LogP contribution in [0.4, 0.5) is 0 Å². The van der Waals surface area contributed by atoms with Gasteiger partial charge in [-0.2, -0.15) is 0 Å². The SMILES string of the molecule is Cc1noc(C)c1CNC(=O)C1CCCN1.Cl. The van der Waals surface area contributed by atoms with Crippen molar-refractivity contribution in [2.45, 2.75) is 39.3 Å². The van der Waals surface area contributed by atoms with Gasteiger partial charge in [0.05, 0.1) is 11.7 Å². The Morgan fingerprint density at radius 1 is 1.59 bits per heavy atom. The first kappa shape index (κ1) is 14.0. The Hall–Kier alpha value is -1.07. The predicted molar refractivity (Wildman–Crippen MR) is 66.1 cm³/mol. The average molecular weight is 260 g/mol. The molecule has 1 unspecified atom stereocenters. The molecular weight excluding hydrogens is 242 g/mol. The zero-order valence-electron chi connectivity index (χ0n) is 10.1. The molecule has 1 atom stereocenters. The zero-order valence-corrected chi connectivity index (χ0v) is 10.9. The first-order valence-corrected chi connectivity index (χ1v) is 5.61. The van der Waals surface area contributed by atoms with E-state index in [-0.39, 0.29) is 24.4 Å². The highest BCUT2D eigenvalue weighted by Gasteiger charge is 2.22. The minimum Gasteiger partial charge on any atom is -0.361 e. The molecule has 1 fully saturated rings. The third-order valence-corrected chi connectivity index (χ3v) is 3.00. The molecular formula is C11H18ClN3O2. The number of hydrogen-bond donors (Lipinski definition) is 2. The molecule has 1 aromatic rings. The van der Waals surface area contributed by atoms with Gasteiger partial charge in [0.1, 0.15) is 5.76 Å². The number of nitrogens with zero attached hydrogens (tertiary/aromatic N) is 1. The van der Waals surface area contributed by atoms with Crippen molar-refractivity contribution in [3.05, 3.63) is 17.0 Å². The van der Waals surface area contributed by atoms with Gasteiger partial charge < -0.3 is 15.2 Å². The van der Waals surface area contributed by atoms with Crippen LogP contribution in [0, 0.1) is 13.8 Å². The first-order chi connectivity index (χ1) is 7.68. The Balaban J connectivity index is 0.00000144. The van der Waals surface area contributed by atoms with Crippen molar-refractivity contribution in [3.63, 3.8) is 0 Å². The lowest BCUT2D eigenvalue weighted by Crippen LogP contribution is -2.40. The molecule has 2 N–H and O–H groups in total. The lowest BCUT2D eigenvalue weighted by molar-refractivity contribution is -0.122. The molecule has 1 aromatic heterocycles. The van der Waals surface area contributed by atoms with Gasteiger partial charge in [-0.05, 0) is 33.2 Å². The lowest BCUT2D eigenvalue weighted by atomic mass is 10.2. The molecule has 1 aliphatic rings. The van der Waals surface area contributed by atoms with E-state index < -0.39 is 0 Å². The van der Waals surface area contributed by atoms with Crippen LogP contribution < -0.4 is 10.6 Å². The minimum atomic E-state index is -0.0273. The number of carbonyl (C=O) groups excluding carboxylic acids is 1. The van der Waals surface area contributed by atoms with Crippen LogP contribution in [-0.4, -0.2) is 23.7 Å². The van der Waals surface area contributed by atoms with Crippen LogP contribution in [0.2, 0.25) is 0 Å². The van der Waals surface area contributed by atoms with Gasteiger partial charge in [-0.3, -0.25) is 4.79 Å². The molecule has 96 valence electrons. The normalized spacial score (nSPS) is 18.8. The number of aryl methyl sites for hydroxylation is 2. The summed E-state index contributed by atoms with van der Waals surface area (Å²) in [5.74, 6) is 0.842. The second-order valence-corrected chi connectivity index (χ2v) is 4.17. The van der Waals surface area contributed by atoms with E-state index in [2.05, 4.69) is 15.8 Å². The van der Waals surface area contributed by atoms with Crippen LogP contribution in [0.3, 0.4) is 0 Å². The molecule has 0 aliphatic carbocycles. The smallest absolute Gasteiger partial charge is 0.237 e. The summed E-state index contributed by atoms with van der Waals surface area (Å²) < 4.78 is 5.04. The molecule has 1 amide bonds. The second-order valence-electron chi connectivity index (χ2n) is 4.17. The van der Waals surface area contributed by atoms with Gasteiger partial charge in [0.15, 0.2) is 0 Å². The molecule has 6 heteroatoms. The van der Waals surface area contributed by atoms with E-state index in [1.54, 1.807) is 0 Å². The van der Waals surface area contributed by atoms with E-state index >= 15 is 0 Å². The number of aromatic nitrogens is 1. The average Bonchev–Trinajstić information content (AvgIpc) is 2.87. The van der Waals surface area contributed by atoms with Gasteiger partial charge >= 0.3 is 0 Å². The summed E-state index contributed by atoms with van der Waals surface area (Å²) in [5, 5.41) is 9.92. The quantitative estimate of drug-likeness (QED) is 0.853. The fourth-order valence-electron chi connectivity index (χ4n) is 1.96. The highest BCUT2D eigenvalue weighted by Crippen LogP contribution is 2.12. The van der Waals surface area contributed by atoms with Crippen molar-refractivity contribution in [2.75, 3.05) is 6.54 Å². The Morgan fingerprint density at radius 3 is 2.88 bits per heavy atom. The van der Waals surface area contributed by atoms with E-state index in [0.29, 0.717) is 6.54 Å². The summed E-state index contributed by atoms with van der Waals surface area (Å²) in [6, 6.07) is -0.0273. The highest BCUT2D eigenvalue weighted by molar-refractivity contribution is 5.85. The number of halogens is 1. The number of nitrogens with one attached hydrogen (secondary N) is 2. The highest BCUT2D eigenvalue weighted by atomic mass is 35.5. The largest absolute Gasteiger partial charge is 0.361 e. The molecule has 0 spiro atoms. The van der Waals surface area contributed by atoms with Crippen molar-refractivity contribution in [2.24, 2.45) is 0 Å². The first-order valence-electron chi connectivity index (χ1n) is 5.61. The summed E-state index contributed by atoms with van der Waals surface area (Å²) in [5.41, 5.74) is 1.82. The topological polar surface area (TPSA) is 67.2 Å². The van der Waals surface area contributed by atoms with Crippen molar-refractivity contribution >= 4 is 18.3 Å². The standard InChI is InChI=1S/C11H17N3O2.ClH/c1-7-9(8(2)16-14-7)6-13-11(15)10-4-3-5-12-10;/h10,12H,3-6H2,1-2H3,(H,13,15);1H. The van der Waals surface area contributed by atoms with Gasteiger partial charge in [-0.15, -0.1) is 12.4 Å². The molecule has 17 heavy (non-hydrogen) atoms. The fraction of sp³-hybridized carbons (Fsp3) is 0.636. The van der Waals surface area contributed by atoms with Crippen molar-refractivity contribution < 1.29 is 9.32 Å².